The summed E-state index contributed by atoms with van der Waals surface area (Å²) in [7, 11) is 0. The summed E-state index contributed by atoms with van der Waals surface area (Å²) in [4.78, 5) is 4.93. The van der Waals surface area contributed by atoms with Crippen LogP contribution in [0.4, 0.5) is 5.69 Å². The summed E-state index contributed by atoms with van der Waals surface area (Å²) in [5.41, 5.74) is 4.73. The Morgan fingerprint density at radius 3 is 1.92 bits per heavy atom. The predicted molar refractivity (Wildman–Crippen MR) is 103 cm³/mol. The molecule has 0 aliphatic heterocycles. The molecule has 2 heteroatoms. The average molecular weight is 325 g/mol. The molecule has 0 radical (unpaired) electrons. The highest BCUT2D eigenvalue weighted by molar-refractivity contribution is 6.14. The van der Waals surface area contributed by atoms with E-state index in [9.17, 15) is 0 Å². The van der Waals surface area contributed by atoms with Gasteiger partial charge >= 0.3 is 0 Å². The topological polar surface area (TPSA) is 32.6 Å². The molecule has 122 valence electrons. The number of hydrogen-bond donors (Lipinski definition) is 1. The molecular formula is C23H19NO. The maximum atomic E-state index is 8.93. The van der Waals surface area contributed by atoms with E-state index >= 15 is 0 Å². The molecule has 2 nitrogen and oxygen atoms in total. The fourth-order valence-electron chi connectivity index (χ4n) is 2.50. The molecule has 0 saturated carbocycles. The van der Waals surface area contributed by atoms with E-state index in [4.69, 9.17) is 10.1 Å². The molecule has 0 spiro atoms. The van der Waals surface area contributed by atoms with Crippen LogP contribution in [0.2, 0.25) is 0 Å². The summed E-state index contributed by atoms with van der Waals surface area (Å²) in [5, 5.41) is 8.93. The molecule has 0 saturated heterocycles. The Labute approximate surface area is 148 Å². The second-order valence-corrected chi connectivity index (χ2v) is 5.48. The second-order valence-electron chi connectivity index (χ2n) is 5.48. The number of benzene rings is 3. The van der Waals surface area contributed by atoms with Gasteiger partial charge in [0.25, 0.3) is 0 Å². The van der Waals surface area contributed by atoms with E-state index in [1.165, 1.54) is 0 Å². The fourth-order valence-corrected chi connectivity index (χ4v) is 2.50. The zero-order valence-corrected chi connectivity index (χ0v) is 13.9. The van der Waals surface area contributed by atoms with Gasteiger partial charge in [-0.3, -0.25) is 0 Å². The van der Waals surface area contributed by atoms with Crippen LogP contribution < -0.4 is 0 Å². The number of hydrogen-bond acceptors (Lipinski definition) is 2. The number of para-hydroxylation sites is 1. The van der Waals surface area contributed by atoms with Crippen molar-refractivity contribution in [3.8, 4) is 11.8 Å². The summed E-state index contributed by atoms with van der Waals surface area (Å²) < 4.78 is 0. The number of aliphatic hydroxyl groups excluding tert-OH is 1. The predicted octanol–water partition coefficient (Wildman–Crippen LogP) is 4.59. The number of aliphatic imine (C=N–C) groups is 1. The van der Waals surface area contributed by atoms with Crippen LogP contribution in [0.15, 0.2) is 89.9 Å². The van der Waals surface area contributed by atoms with Crippen LogP contribution in [0.5, 0.6) is 0 Å². The van der Waals surface area contributed by atoms with Crippen molar-refractivity contribution in [2.24, 2.45) is 4.99 Å². The molecule has 0 aliphatic rings. The van der Waals surface area contributed by atoms with Crippen LogP contribution in [0, 0.1) is 11.8 Å². The van der Waals surface area contributed by atoms with E-state index in [0.717, 1.165) is 28.1 Å². The van der Waals surface area contributed by atoms with Gasteiger partial charge in [-0.15, -0.1) is 0 Å². The monoisotopic (exact) mass is 325 g/mol. The molecule has 3 rings (SSSR count). The Morgan fingerprint density at radius 2 is 1.32 bits per heavy atom. The van der Waals surface area contributed by atoms with Crippen LogP contribution >= 0.6 is 0 Å². The standard InChI is InChI=1S/C23H19NO/c25-18-10-9-12-19-11-7-8-17-22(19)24-23(20-13-3-1-4-14-20)21-15-5-2-6-16-21/h1-8,11,13-17,25H,10,18H2. The molecule has 0 atom stereocenters. The van der Waals surface area contributed by atoms with E-state index in [1.54, 1.807) is 0 Å². The summed E-state index contributed by atoms with van der Waals surface area (Å²) in [6.07, 6.45) is 0.461. The minimum atomic E-state index is 0.0672. The largest absolute Gasteiger partial charge is 0.395 e. The van der Waals surface area contributed by atoms with Crippen molar-refractivity contribution >= 4 is 11.4 Å². The number of aliphatic hydroxyl groups is 1. The minimum Gasteiger partial charge on any atom is -0.395 e. The summed E-state index contributed by atoms with van der Waals surface area (Å²) in [6.45, 7) is 0.0672. The van der Waals surface area contributed by atoms with Crippen molar-refractivity contribution in [3.05, 3.63) is 102 Å². The lowest BCUT2D eigenvalue weighted by molar-refractivity contribution is 0.305. The van der Waals surface area contributed by atoms with E-state index in [-0.39, 0.29) is 6.61 Å². The first-order chi connectivity index (χ1) is 12.4. The van der Waals surface area contributed by atoms with Gasteiger partial charge in [-0.25, -0.2) is 4.99 Å². The van der Waals surface area contributed by atoms with Crippen molar-refractivity contribution in [2.45, 2.75) is 6.42 Å². The van der Waals surface area contributed by atoms with E-state index in [1.807, 2.05) is 60.7 Å². The molecule has 0 aliphatic carbocycles. The molecular weight excluding hydrogens is 306 g/mol. The van der Waals surface area contributed by atoms with Gasteiger partial charge in [-0.05, 0) is 12.1 Å². The number of rotatable bonds is 4. The number of nitrogens with zero attached hydrogens (tertiary/aromatic N) is 1. The normalized spacial score (nSPS) is 9.80. The molecule has 1 N–H and O–H groups in total. The first-order valence-corrected chi connectivity index (χ1v) is 8.27. The maximum absolute atomic E-state index is 8.93. The quantitative estimate of drug-likeness (QED) is 0.552. The van der Waals surface area contributed by atoms with Gasteiger partial charge in [-0.1, -0.05) is 84.6 Å². The Kier molecular flexibility index (Phi) is 5.77. The maximum Gasteiger partial charge on any atom is 0.0793 e. The lowest BCUT2D eigenvalue weighted by Gasteiger charge is -2.08. The highest BCUT2D eigenvalue weighted by Gasteiger charge is 2.08. The Balaban J connectivity index is 2.11. The lowest BCUT2D eigenvalue weighted by atomic mass is 10.0. The minimum absolute atomic E-state index is 0.0672. The van der Waals surface area contributed by atoms with Crippen molar-refractivity contribution < 1.29 is 5.11 Å². The third-order valence-electron chi connectivity index (χ3n) is 3.69. The van der Waals surface area contributed by atoms with Crippen molar-refractivity contribution in [1.82, 2.24) is 0 Å². The second kappa shape index (κ2) is 8.63. The molecule has 0 amide bonds. The van der Waals surface area contributed by atoms with Gasteiger partial charge in [0.15, 0.2) is 0 Å². The lowest BCUT2D eigenvalue weighted by Crippen LogP contribution is -2.02. The molecule has 0 aromatic heterocycles. The van der Waals surface area contributed by atoms with Crippen LogP contribution in [0.3, 0.4) is 0 Å². The molecule has 3 aromatic rings. The Morgan fingerprint density at radius 1 is 0.760 bits per heavy atom. The molecule has 3 aromatic carbocycles. The first-order valence-electron chi connectivity index (χ1n) is 8.27. The summed E-state index contributed by atoms with van der Waals surface area (Å²) >= 11 is 0. The van der Waals surface area contributed by atoms with E-state index in [0.29, 0.717) is 6.42 Å². The SMILES string of the molecule is OCCC#Cc1ccccc1N=C(c1ccccc1)c1ccccc1. The van der Waals surface area contributed by atoms with Crippen molar-refractivity contribution in [2.75, 3.05) is 6.61 Å². The van der Waals surface area contributed by atoms with Crippen LogP contribution in [0.25, 0.3) is 0 Å². The van der Waals surface area contributed by atoms with Gasteiger partial charge in [0, 0.05) is 17.5 Å². The van der Waals surface area contributed by atoms with E-state index in [2.05, 4.69) is 36.1 Å². The summed E-state index contributed by atoms with van der Waals surface area (Å²) in [5.74, 6) is 6.08. The average Bonchev–Trinajstić information content (AvgIpc) is 2.69. The van der Waals surface area contributed by atoms with Gasteiger partial charge in [0.05, 0.1) is 23.6 Å². The Bertz CT molecular complexity index is 861. The van der Waals surface area contributed by atoms with Gasteiger partial charge in [0.2, 0.25) is 0 Å². The third kappa shape index (κ3) is 4.44. The highest BCUT2D eigenvalue weighted by Crippen LogP contribution is 2.22. The smallest absolute Gasteiger partial charge is 0.0793 e. The van der Waals surface area contributed by atoms with Gasteiger partial charge in [0.1, 0.15) is 0 Å². The summed E-state index contributed by atoms with van der Waals surface area (Å²) in [6, 6.07) is 28.1. The fraction of sp³-hybridized carbons (Fsp3) is 0.0870. The molecule has 25 heavy (non-hydrogen) atoms. The van der Waals surface area contributed by atoms with Gasteiger partial charge in [-0.2, -0.15) is 0 Å². The van der Waals surface area contributed by atoms with Gasteiger partial charge < -0.3 is 5.11 Å². The van der Waals surface area contributed by atoms with Crippen LogP contribution in [-0.4, -0.2) is 17.4 Å². The molecule has 0 fully saturated rings. The molecule has 0 heterocycles. The highest BCUT2D eigenvalue weighted by atomic mass is 16.2. The first kappa shape index (κ1) is 16.7. The zero-order chi connectivity index (χ0) is 17.3. The molecule has 0 bridgehead atoms. The third-order valence-corrected chi connectivity index (χ3v) is 3.69. The molecule has 0 unspecified atom stereocenters. The zero-order valence-electron chi connectivity index (χ0n) is 13.9. The van der Waals surface area contributed by atoms with E-state index < -0.39 is 0 Å². The Hall–Kier alpha value is -3.15. The van der Waals surface area contributed by atoms with Crippen molar-refractivity contribution in [3.63, 3.8) is 0 Å². The van der Waals surface area contributed by atoms with Crippen molar-refractivity contribution in [1.29, 1.82) is 0 Å². The van der Waals surface area contributed by atoms with Crippen LogP contribution in [0.1, 0.15) is 23.1 Å². The van der Waals surface area contributed by atoms with Crippen LogP contribution in [-0.2, 0) is 0 Å².